The molecule has 1 aromatic rings. The average molecular weight is 548 g/mol. The van der Waals surface area contributed by atoms with E-state index in [4.69, 9.17) is 9.47 Å². The van der Waals surface area contributed by atoms with Crippen molar-refractivity contribution in [1.29, 1.82) is 0 Å². The second-order valence-electron chi connectivity index (χ2n) is 9.18. The highest BCUT2D eigenvalue weighted by molar-refractivity contribution is 5.90. The van der Waals surface area contributed by atoms with E-state index in [1.165, 1.54) is 18.3 Å². The van der Waals surface area contributed by atoms with E-state index in [2.05, 4.69) is 15.6 Å². The third-order valence-electron chi connectivity index (χ3n) is 4.84. The molecule has 0 aliphatic carbocycles. The molecule has 0 saturated carbocycles. The maximum atomic E-state index is 12.6. The molecule has 38 heavy (non-hydrogen) atoms. The summed E-state index contributed by atoms with van der Waals surface area (Å²) in [6, 6.07) is 2.70. The fourth-order valence-corrected chi connectivity index (χ4v) is 3.03. The van der Waals surface area contributed by atoms with Gasteiger partial charge in [0.2, 0.25) is 5.91 Å². The number of nitrogens with one attached hydrogen (secondary N) is 3. The molecule has 0 aliphatic rings. The summed E-state index contributed by atoms with van der Waals surface area (Å²) in [7, 11) is 3.89. The molecule has 0 bridgehead atoms. The van der Waals surface area contributed by atoms with Gasteiger partial charge in [-0.25, -0.2) is 4.79 Å². The highest BCUT2D eigenvalue weighted by Gasteiger charge is 2.39. The largest absolute Gasteiger partial charge is 0.471 e. The second kappa shape index (κ2) is 15.9. The predicted molar refractivity (Wildman–Crippen MR) is 131 cm³/mol. The van der Waals surface area contributed by atoms with Crippen molar-refractivity contribution in [2.24, 2.45) is 0 Å². The van der Waals surface area contributed by atoms with E-state index in [9.17, 15) is 32.3 Å². The Morgan fingerprint density at radius 2 is 1.79 bits per heavy atom. The van der Waals surface area contributed by atoms with Gasteiger partial charge in [0.05, 0.1) is 36.9 Å². The molecule has 1 heterocycles. The van der Waals surface area contributed by atoms with Crippen LogP contribution in [0.2, 0.25) is 0 Å². The van der Waals surface area contributed by atoms with Crippen molar-refractivity contribution in [3.63, 3.8) is 0 Å². The van der Waals surface area contributed by atoms with Crippen molar-refractivity contribution in [3.05, 3.63) is 29.6 Å². The Morgan fingerprint density at radius 3 is 2.39 bits per heavy atom. The Labute approximate surface area is 219 Å². The number of hydrogen-bond acceptors (Lipinski definition) is 9. The van der Waals surface area contributed by atoms with Gasteiger partial charge in [0.25, 0.3) is 0 Å². The van der Waals surface area contributed by atoms with Crippen molar-refractivity contribution in [1.82, 2.24) is 25.8 Å². The third-order valence-corrected chi connectivity index (χ3v) is 4.84. The van der Waals surface area contributed by atoms with Crippen molar-refractivity contribution in [2.75, 3.05) is 33.7 Å². The monoisotopic (exact) mass is 547 g/mol. The fraction of sp³-hybridized carbons (Fsp3) is 0.625. The number of amides is 2. The van der Waals surface area contributed by atoms with E-state index < -0.39 is 49.2 Å². The minimum absolute atomic E-state index is 0.00500. The molecular weight excluding hydrogens is 511 g/mol. The number of rotatable bonds is 15. The number of hydrogen-bond donors (Lipinski definition) is 3. The molecule has 2 atom stereocenters. The van der Waals surface area contributed by atoms with Gasteiger partial charge in [-0.05, 0) is 60.0 Å². The topological polar surface area (TPSA) is 139 Å². The lowest BCUT2D eigenvalue weighted by molar-refractivity contribution is -0.174. The van der Waals surface area contributed by atoms with Crippen LogP contribution in [-0.4, -0.2) is 91.8 Å². The number of ether oxygens (including phenoxy) is 2. The Morgan fingerprint density at radius 1 is 1.11 bits per heavy atom. The Kier molecular flexibility index (Phi) is 13.7. The first kappa shape index (κ1) is 32.8. The number of esters is 2. The van der Waals surface area contributed by atoms with E-state index in [1.54, 1.807) is 19.2 Å². The van der Waals surface area contributed by atoms with Crippen LogP contribution < -0.4 is 16.0 Å². The van der Waals surface area contributed by atoms with Crippen molar-refractivity contribution < 1.29 is 41.8 Å². The molecule has 0 saturated heterocycles. The number of carbonyl (C=O) groups is 4. The summed E-state index contributed by atoms with van der Waals surface area (Å²) >= 11 is 0. The van der Waals surface area contributed by atoms with Gasteiger partial charge in [-0.1, -0.05) is 0 Å². The summed E-state index contributed by atoms with van der Waals surface area (Å²) in [5.74, 6) is -4.19. The average Bonchev–Trinajstić information content (AvgIpc) is 2.79. The lowest BCUT2D eigenvalue weighted by Gasteiger charge is -2.19. The molecule has 1 rings (SSSR count). The summed E-state index contributed by atoms with van der Waals surface area (Å²) in [6.45, 7) is 5.30. The Balaban J connectivity index is 2.71. The van der Waals surface area contributed by atoms with Crippen LogP contribution in [0.25, 0.3) is 0 Å². The standard InChI is InChI=1S/C24H36F3N5O6/c1-15(2)37-21(34)11-19(13-30-23(36)24(25,26)27)38-22(35)17-6-8-29-18(10-17)12-28-14-20(33)31-16(3)7-9-32(4)5/h6,8,10,15-16,19,28H,7,9,11-14H2,1-5H3,(H,30,36)(H,31,33). The highest BCUT2D eigenvalue weighted by atomic mass is 19.4. The molecule has 1 aromatic heterocycles. The normalized spacial score (nSPS) is 13.1. The van der Waals surface area contributed by atoms with E-state index in [0.717, 1.165) is 13.0 Å². The molecule has 14 heteroatoms. The minimum atomic E-state index is -5.14. The molecular formula is C24H36F3N5O6. The lowest BCUT2D eigenvalue weighted by atomic mass is 10.2. The van der Waals surface area contributed by atoms with Crippen molar-refractivity contribution in [2.45, 2.75) is 64.6 Å². The van der Waals surface area contributed by atoms with Crippen LogP contribution in [0.4, 0.5) is 13.2 Å². The van der Waals surface area contributed by atoms with E-state index in [0.29, 0.717) is 5.69 Å². The SMILES string of the molecule is CC(CCN(C)C)NC(=O)CNCc1cc(C(=O)OC(CNC(=O)C(F)(F)F)CC(=O)OC(C)C)ccn1. The second-order valence-corrected chi connectivity index (χ2v) is 9.18. The molecule has 0 spiro atoms. The van der Waals surface area contributed by atoms with Crippen LogP contribution in [0.5, 0.6) is 0 Å². The van der Waals surface area contributed by atoms with Gasteiger partial charge in [-0.15, -0.1) is 0 Å². The van der Waals surface area contributed by atoms with E-state index in [1.807, 2.05) is 25.9 Å². The van der Waals surface area contributed by atoms with Crippen LogP contribution in [0.3, 0.4) is 0 Å². The van der Waals surface area contributed by atoms with Crippen molar-refractivity contribution in [3.8, 4) is 0 Å². The molecule has 2 amide bonds. The molecule has 0 fully saturated rings. The zero-order valence-electron chi connectivity index (χ0n) is 22.2. The first-order valence-corrected chi connectivity index (χ1v) is 12.0. The number of carbonyl (C=O) groups excluding carboxylic acids is 4. The van der Waals surface area contributed by atoms with Gasteiger partial charge in [-0.3, -0.25) is 19.4 Å². The smallest absolute Gasteiger partial charge is 0.463 e. The summed E-state index contributed by atoms with van der Waals surface area (Å²) in [5, 5.41) is 7.39. The lowest BCUT2D eigenvalue weighted by Crippen LogP contribution is -2.42. The number of nitrogens with zero attached hydrogens (tertiary/aromatic N) is 2. The Hall–Kier alpha value is -3.26. The summed E-state index contributed by atoms with van der Waals surface area (Å²) in [5.41, 5.74) is 0.414. The molecule has 0 aromatic carbocycles. The van der Waals surface area contributed by atoms with Crippen molar-refractivity contribution >= 4 is 23.8 Å². The number of aromatic nitrogens is 1. The summed E-state index contributed by atoms with van der Waals surface area (Å²) < 4.78 is 47.7. The van der Waals surface area contributed by atoms with Crippen LogP contribution in [0, 0.1) is 0 Å². The Bertz CT molecular complexity index is 942. The van der Waals surface area contributed by atoms with E-state index in [-0.39, 0.29) is 30.6 Å². The van der Waals surface area contributed by atoms with Gasteiger partial charge in [-0.2, -0.15) is 13.2 Å². The van der Waals surface area contributed by atoms with Crippen LogP contribution in [0.1, 0.15) is 49.7 Å². The van der Waals surface area contributed by atoms with Gasteiger partial charge in [0.15, 0.2) is 0 Å². The van der Waals surface area contributed by atoms with Gasteiger partial charge in [0, 0.05) is 18.8 Å². The number of halogens is 3. The summed E-state index contributed by atoms with van der Waals surface area (Å²) in [4.78, 5) is 54.0. The number of alkyl halides is 3. The quantitative estimate of drug-likeness (QED) is 0.276. The third kappa shape index (κ3) is 13.9. The van der Waals surface area contributed by atoms with Crippen LogP contribution in [0.15, 0.2) is 18.3 Å². The van der Waals surface area contributed by atoms with Crippen LogP contribution >= 0.6 is 0 Å². The maximum absolute atomic E-state index is 12.6. The highest BCUT2D eigenvalue weighted by Crippen LogP contribution is 2.15. The van der Waals surface area contributed by atoms with E-state index >= 15 is 0 Å². The first-order valence-electron chi connectivity index (χ1n) is 12.0. The maximum Gasteiger partial charge on any atom is 0.471 e. The summed E-state index contributed by atoms with van der Waals surface area (Å²) in [6.07, 6.45) is -5.49. The fourth-order valence-electron chi connectivity index (χ4n) is 3.03. The van der Waals surface area contributed by atoms with Gasteiger partial charge >= 0.3 is 24.0 Å². The predicted octanol–water partition coefficient (Wildman–Crippen LogP) is 1.17. The molecule has 214 valence electrons. The van der Waals surface area contributed by atoms with Crippen LogP contribution in [-0.2, 0) is 30.4 Å². The molecule has 0 radical (unpaired) electrons. The van der Waals surface area contributed by atoms with Gasteiger partial charge in [0.1, 0.15) is 6.10 Å². The molecule has 3 N–H and O–H groups in total. The first-order chi connectivity index (χ1) is 17.7. The molecule has 11 nitrogen and oxygen atoms in total. The molecule has 2 unspecified atom stereocenters. The number of pyridine rings is 1. The minimum Gasteiger partial charge on any atom is -0.463 e. The van der Waals surface area contributed by atoms with Gasteiger partial charge < -0.3 is 30.3 Å². The zero-order chi connectivity index (χ0) is 28.9. The molecule has 0 aliphatic heterocycles. The zero-order valence-corrected chi connectivity index (χ0v) is 22.2.